The van der Waals surface area contributed by atoms with E-state index in [1.807, 2.05) is 11.4 Å². The van der Waals surface area contributed by atoms with Crippen LogP contribution in [0.3, 0.4) is 0 Å². The van der Waals surface area contributed by atoms with Crippen molar-refractivity contribution >= 4 is 34.7 Å². The van der Waals surface area contributed by atoms with Crippen LogP contribution in [-0.4, -0.2) is 15.9 Å². The highest BCUT2D eigenvalue weighted by Crippen LogP contribution is 2.11. The number of nitrogens with zero attached hydrogens (tertiary/aromatic N) is 2. The number of carbonyl (C=O) groups is 1. The number of thiophene rings is 1. The maximum Gasteiger partial charge on any atom is 0.266 e. The van der Waals surface area contributed by atoms with E-state index in [4.69, 9.17) is 11.6 Å². The van der Waals surface area contributed by atoms with Crippen LogP contribution in [0.25, 0.3) is 0 Å². The zero-order valence-electron chi connectivity index (χ0n) is 7.48. The Kier molecular flexibility index (Phi) is 2.94. The second-order valence-corrected chi connectivity index (χ2v) is 3.99. The Morgan fingerprint density at radius 3 is 2.87 bits per heavy atom. The first kappa shape index (κ1) is 10.1. The van der Waals surface area contributed by atoms with Gasteiger partial charge in [0.25, 0.3) is 5.91 Å². The monoisotopic (exact) mass is 239 g/mol. The van der Waals surface area contributed by atoms with Gasteiger partial charge in [-0.1, -0.05) is 17.7 Å². The molecule has 1 N–H and O–H groups in total. The Balaban J connectivity index is 2.09. The van der Waals surface area contributed by atoms with Gasteiger partial charge in [0.15, 0.2) is 5.82 Å². The summed E-state index contributed by atoms with van der Waals surface area (Å²) in [5.74, 6) is 0.194. The first-order chi connectivity index (χ1) is 7.25. The summed E-state index contributed by atoms with van der Waals surface area (Å²) in [6, 6.07) is 3.55. The Morgan fingerprint density at radius 1 is 1.40 bits per heavy atom. The van der Waals surface area contributed by atoms with Crippen LogP contribution in [-0.2, 0) is 0 Å². The van der Waals surface area contributed by atoms with Crippen molar-refractivity contribution in [2.75, 3.05) is 5.32 Å². The summed E-state index contributed by atoms with van der Waals surface area (Å²) >= 11 is 6.93. The van der Waals surface area contributed by atoms with E-state index in [-0.39, 0.29) is 5.91 Å². The molecular weight excluding hydrogens is 234 g/mol. The molecule has 0 unspecified atom stereocenters. The number of carbonyl (C=O) groups excluding carboxylic acids is 1. The quantitative estimate of drug-likeness (QED) is 0.876. The van der Waals surface area contributed by atoms with Crippen molar-refractivity contribution in [3.63, 3.8) is 0 Å². The van der Waals surface area contributed by atoms with Crippen LogP contribution in [0, 0.1) is 0 Å². The lowest BCUT2D eigenvalue weighted by Gasteiger charge is -2.00. The molecule has 2 aromatic heterocycles. The summed E-state index contributed by atoms with van der Waals surface area (Å²) in [4.78, 5) is 19.9. The molecule has 0 radical (unpaired) electrons. The van der Waals surface area contributed by atoms with Gasteiger partial charge in [0.2, 0.25) is 0 Å². The molecule has 0 bridgehead atoms. The van der Waals surface area contributed by atoms with Crippen LogP contribution in [0.5, 0.6) is 0 Å². The standard InChI is InChI=1S/C9H6ClN3OS/c10-7-4-12-8(5-11-7)13-9(14)6-2-1-3-15-6/h1-5H,(H,12,13,14). The number of hydrogen-bond donors (Lipinski definition) is 1. The summed E-state index contributed by atoms with van der Waals surface area (Å²) in [5.41, 5.74) is 0. The molecule has 0 saturated carbocycles. The van der Waals surface area contributed by atoms with Crippen LogP contribution >= 0.6 is 22.9 Å². The fourth-order valence-electron chi connectivity index (χ4n) is 0.963. The van der Waals surface area contributed by atoms with Gasteiger partial charge in [-0.05, 0) is 11.4 Å². The molecule has 4 nitrogen and oxygen atoms in total. The average Bonchev–Trinajstić information content (AvgIpc) is 2.74. The highest BCUT2D eigenvalue weighted by molar-refractivity contribution is 7.12. The van der Waals surface area contributed by atoms with Gasteiger partial charge in [-0.2, -0.15) is 0 Å². The summed E-state index contributed by atoms with van der Waals surface area (Å²) in [6.07, 6.45) is 2.79. The minimum absolute atomic E-state index is 0.193. The first-order valence-electron chi connectivity index (χ1n) is 4.08. The van der Waals surface area contributed by atoms with E-state index in [0.29, 0.717) is 15.8 Å². The fourth-order valence-corrected chi connectivity index (χ4v) is 1.68. The van der Waals surface area contributed by atoms with Crippen LogP contribution in [0.1, 0.15) is 9.67 Å². The minimum atomic E-state index is -0.193. The topological polar surface area (TPSA) is 54.9 Å². The molecule has 2 aromatic rings. The van der Waals surface area contributed by atoms with Crippen molar-refractivity contribution in [3.8, 4) is 0 Å². The average molecular weight is 240 g/mol. The molecule has 0 aliphatic carbocycles. The summed E-state index contributed by atoms with van der Waals surface area (Å²) < 4.78 is 0. The normalized spacial score (nSPS) is 9.93. The molecule has 0 fully saturated rings. The van der Waals surface area contributed by atoms with Crippen molar-refractivity contribution in [1.29, 1.82) is 0 Å². The van der Waals surface area contributed by atoms with Crippen LogP contribution in [0.2, 0.25) is 5.15 Å². The number of anilines is 1. The predicted octanol–water partition coefficient (Wildman–Crippen LogP) is 2.44. The van der Waals surface area contributed by atoms with Crippen molar-refractivity contribution in [3.05, 3.63) is 39.9 Å². The molecule has 1 amide bonds. The number of nitrogens with one attached hydrogen (secondary N) is 1. The lowest BCUT2D eigenvalue weighted by molar-refractivity contribution is 0.103. The van der Waals surface area contributed by atoms with Gasteiger partial charge in [-0.3, -0.25) is 4.79 Å². The first-order valence-corrected chi connectivity index (χ1v) is 5.34. The number of halogens is 1. The Morgan fingerprint density at radius 2 is 2.27 bits per heavy atom. The highest BCUT2D eigenvalue weighted by atomic mass is 35.5. The van der Waals surface area contributed by atoms with Crippen LogP contribution < -0.4 is 5.32 Å². The molecule has 15 heavy (non-hydrogen) atoms. The third kappa shape index (κ3) is 2.51. The molecule has 2 rings (SSSR count). The van der Waals surface area contributed by atoms with Gasteiger partial charge >= 0.3 is 0 Å². The van der Waals surface area contributed by atoms with Gasteiger partial charge in [-0.25, -0.2) is 9.97 Å². The van der Waals surface area contributed by atoms with Crippen LogP contribution in [0.15, 0.2) is 29.9 Å². The van der Waals surface area contributed by atoms with E-state index in [2.05, 4.69) is 15.3 Å². The maximum atomic E-state index is 11.6. The van der Waals surface area contributed by atoms with E-state index >= 15 is 0 Å². The third-order valence-corrected chi connectivity index (χ3v) is 2.67. The van der Waals surface area contributed by atoms with Crippen molar-refractivity contribution in [1.82, 2.24) is 9.97 Å². The lowest BCUT2D eigenvalue weighted by Crippen LogP contribution is -2.11. The lowest BCUT2D eigenvalue weighted by atomic mass is 10.4. The SMILES string of the molecule is O=C(Nc1cnc(Cl)cn1)c1cccs1. The summed E-state index contributed by atoms with van der Waals surface area (Å²) in [7, 11) is 0. The predicted molar refractivity (Wildman–Crippen MR) is 59.3 cm³/mol. The Labute approximate surface area is 94.9 Å². The van der Waals surface area contributed by atoms with E-state index in [9.17, 15) is 4.79 Å². The van der Waals surface area contributed by atoms with Crippen molar-refractivity contribution in [2.24, 2.45) is 0 Å². The molecule has 0 aliphatic rings. The summed E-state index contributed by atoms with van der Waals surface area (Å²) in [6.45, 7) is 0. The smallest absolute Gasteiger partial charge is 0.266 e. The van der Waals surface area contributed by atoms with Crippen molar-refractivity contribution < 1.29 is 4.79 Å². The van der Waals surface area contributed by atoms with Gasteiger partial charge < -0.3 is 5.32 Å². The third-order valence-electron chi connectivity index (χ3n) is 1.61. The molecule has 76 valence electrons. The number of amides is 1. The molecule has 0 aromatic carbocycles. The molecular formula is C9H6ClN3OS. The van der Waals surface area contributed by atoms with E-state index in [1.54, 1.807) is 6.07 Å². The van der Waals surface area contributed by atoms with Gasteiger partial charge in [-0.15, -0.1) is 11.3 Å². The number of rotatable bonds is 2. The van der Waals surface area contributed by atoms with Crippen LogP contribution in [0.4, 0.5) is 5.82 Å². The molecule has 0 spiro atoms. The second-order valence-electron chi connectivity index (χ2n) is 2.66. The molecule has 0 saturated heterocycles. The second kappa shape index (κ2) is 4.37. The molecule has 0 atom stereocenters. The molecule has 0 aliphatic heterocycles. The maximum absolute atomic E-state index is 11.6. The Hall–Kier alpha value is -1.46. The minimum Gasteiger partial charge on any atom is -0.305 e. The molecule has 6 heteroatoms. The zero-order valence-corrected chi connectivity index (χ0v) is 9.05. The van der Waals surface area contributed by atoms with E-state index in [1.165, 1.54) is 23.7 Å². The zero-order chi connectivity index (χ0) is 10.7. The van der Waals surface area contributed by atoms with E-state index in [0.717, 1.165) is 0 Å². The largest absolute Gasteiger partial charge is 0.305 e. The number of aromatic nitrogens is 2. The van der Waals surface area contributed by atoms with Gasteiger partial charge in [0.1, 0.15) is 5.15 Å². The van der Waals surface area contributed by atoms with Gasteiger partial charge in [0, 0.05) is 0 Å². The number of hydrogen-bond acceptors (Lipinski definition) is 4. The van der Waals surface area contributed by atoms with E-state index < -0.39 is 0 Å². The van der Waals surface area contributed by atoms with Crippen molar-refractivity contribution in [2.45, 2.75) is 0 Å². The van der Waals surface area contributed by atoms with Gasteiger partial charge in [0.05, 0.1) is 17.3 Å². The summed E-state index contributed by atoms with van der Waals surface area (Å²) in [5, 5.41) is 4.74. The highest BCUT2D eigenvalue weighted by Gasteiger charge is 2.07. The fraction of sp³-hybridized carbons (Fsp3) is 0. The molecule has 2 heterocycles. The Bertz CT molecular complexity index is 455.